The number of fused-ring (bicyclic) bond motifs is 1. The molecule has 0 amide bonds. The minimum atomic E-state index is 0.294. The first-order chi connectivity index (χ1) is 9.22. The maximum atomic E-state index is 5.51. The second kappa shape index (κ2) is 6.68. The van der Waals surface area contributed by atoms with Crippen molar-refractivity contribution >= 4 is 11.0 Å². The maximum absolute atomic E-state index is 5.51. The molecule has 1 heterocycles. The highest BCUT2D eigenvalue weighted by atomic mass is 16.5. The summed E-state index contributed by atoms with van der Waals surface area (Å²) in [6, 6.07) is 8.27. The van der Waals surface area contributed by atoms with Crippen LogP contribution in [0.3, 0.4) is 0 Å². The van der Waals surface area contributed by atoms with Gasteiger partial charge in [-0.25, -0.2) is 4.98 Å². The van der Waals surface area contributed by atoms with Crippen molar-refractivity contribution in [2.24, 2.45) is 0 Å². The summed E-state index contributed by atoms with van der Waals surface area (Å²) in [6.07, 6.45) is 0.294. The molecule has 0 bridgehead atoms. The quantitative estimate of drug-likeness (QED) is 0.779. The molecule has 0 saturated heterocycles. The molecular weight excluding hydrogens is 238 g/mol. The molecule has 2 rings (SSSR count). The number of ether oxygens (including phenoxy) is 1. The van der Waals surface area contributed by atoms with Crippen LogP contribution < -0.4 is 5.32 Å². The lowest BCUT2D eigenvalue weighted by atomic mass is 10.3. The van der Waals surface area contributed by atoms with E-state index in [1.54, 1.807) is 0 Å². The molecule has 2 aromatic rings. The van der Waals surface area contributed by atoms with Crippen LogP contribution in [-0.4, -0.2) is 28.8 Å². The monoisotopic (exact) mass is 261 g/mol. The molecule has 1 aromatic carbocycles. The Bertz CT molecular complexity index is 519. The van der Waals surface area contributed by atoms with Gasteiger partial charge in [-0.2, -0.15) is 0 Å². The summed E-state index contributed by atoms with van der Waals surface area (Å²) in [5, 5.41) is 3.38. The second-order valence-corrected chi connectivity index (χ2v) is 4.86. The SMILES string of the molecule is CCn1c(CNCCOC(C)C)nc2ccccc21. The minimum absolute atomic E-state index is 0.294. The van der Waals surface area contributed by atoms with Gasteiger partial charge in [0.25, 0.3) is 0 Å². The van der Waals surface area contributed by atoms with E-state index in [0.717, 1.165) is 37.6 Å². The Hall–Kier alpha value is -1.39. The fraction of sp³-hybridized carbons (Fsp3) is 0.533. The van der Waals surface area contributed by atoms with E-state index in [1.165, 1.54) is 5.52 Å². The lowest BCUT2D eigenvalue weighted by molar-refractivity contribution is 0.0806. The minimum Gasteiger partial charge on any atom is -0.377 e. The van der Waals surface area contributed by atoms with Gasteiger partial charge in [-0.3, -0.25) is 0 Å². The summed E-state index contributed by atoms with van der Waals surface area (Å²) < 4.78 is 7.76. The number of aromatic nitrogens is 2. The van der Waals surface area contributed by atoms with Crippen LogP contribution in [0.25, 0.3) is 11.0 Å². The first-order valence-electron chi connectivity index (χ1n) is 6.98. The van der Waals surface area contributed by atoms with Crippen molar-refractivity contribution < 1.29 is 4.74 Å². The van der Waals surface area contributed by atoms with Crippen molar-refractivity contribution in [2.45, 2.75) is 40.0 Å². The number of nitrogens with zero attached hydrogens (tertiary/aromatic N) is 2. The van der Waals surface area contributed by atoms with E-state index in [0.29, 0.717) is 6.10 Å². The van der Waals surface area contributed by atoms with Gasteiger partial charge in [0, 0.05) is 13.1 Å². The van der Waals surface area contributed by atoms with Crippen LogP contribution in [-0.2, 0) is 17.8 Å². The van der Waals surface area contributed by atoms with Crippen LogP contribution in [0.2, 0.25) is 0 Å². The Balaban J connectivity index is 1.96. The third kappa shape index (κ3) is 3.55. The summed E-state index contributed by atoms with van der Waals surface area (Å²) in [5.74, 6) is 1.09. The number of aryl methyl sites for hydroxylation is 1. The number of imidazole rings is 1. The van der Waals surface area contributed by atoms with Gasteiger partial charge < -0.3 is 14.6 Å². The lowest BCUT2D eigenvalue weighted by Gasteiger charge is -2.09. The highest BCUT2D eigenvalue weighted by molar-refractivity contribution is 5.75. The van der Waals surface area contributed by atoms with Gasteiger partial charge in [-0.05, 0) is 32.9 Å². The zero-order valence-corrected chi connectivity index (χ0v) is 12.0. The highest BCUT2D eigenvalue weighted by Crippen LogP contribution is 2.15. The van der Waals surface area contributed by atoms with E-state index in [9.17, 15) is 0 Å². The van der Waals surface area contributed by atoms with Crippen LogP contribution in [0.4, 0.5) is 0 Å². The van der Waals surface area contributed by atoms with Crippen molar-refractivity contribution in [1.82, 2.24) is 14.9 Å². The Morgan fingerprint density at radius 3 is 2.84 bits per heavy atom. The third-order valence-electron chi connectivity index (χ3n) is 3.06. The molecule has 0 aliphatic heterocycles. The van der Waals surface area contributed by atoms with Gasteiger partial charge in [-0.1, -0.05) is 12.1 Å². The Morgan fingerprint density at radius 1 is 1.32 bits per heavy atom. The third-order valence-corrected chi connectivity index (χ3v) is 3.06. The predicted octanol–water partition coefficient (Wildman–Crippen LogP) is 2.57. The molecule has 0 unspecified atom stereocenters. The summed E-state index contributed by atoms with van der Waals surface area (Å²) >= 11 is 0. The Labute approximate surface area is 114 Å². The smallest absolute Gasteiger partial charge is 0.123 e. The molecule has 4 nitrogen and oxygen atoms in total. The van der Waals surface area contributed by atoms with Gasteiger partial charge >= 0.3 is 0 Å². The van der Waals surface area contributed by atoms with Crippen molar-refractivity contribution in [3.05, 3.63) is 30.1 Å². The topological polar surface area (TPSA) is 39.1 Å². The summed E-state index contributed by atoms with van der Waals surface area (Å²) in [5.41, 5.74) is 2.28. The highest BCUT2D eigenvalue weighted by Gasteiger charge is 2.07. The van der Waals surface area contributed by atoms with Crippen LogP contribution in [0.1, 0.15) is 26.6 Å². The van der Waals surface area contributed by atoms with Crippen LogP contribution in [0, 0.1) is 0 Å². The largest absolute Gasteiger partial charge is 0.377 e. The predicted molar refractivity (Wildman–Crippen MR) is 78.2 cm³/mol. The Morgan fingerprint density at radius 2 is 2.11 bits per heavy atom. The van der Waals surface area contributed by atoms with Crippen molar-refractivity contribution in [3.8, 4) is 0 Å². The van der Waals surface area contributed by atoms with Crippen molar-refractivity contribution in [1.29, 1.82) is 0 Å². The molecule has 19 heavy (non-hydrogen) atoms. The maximum Gasteiger partial charge on any atom is 0.123 e. The number of para-hydroxylation sites is 2. The number of benzene rings is 1. The molecular formula is C15H23N3O. The standard InChI is InChI=1S/C15H23N3O/c1-4-18-14-8-6-5-7-13(14)17-15(18)11-16-9-10-19-12(2)3/h5-8,12,16H,4,9-11H2,1-3H3. The molecule has 0 fully saturated rings. The first-order valence-corrected chi connectivity index (χ1v) is 6.98. The van der Waals surface area contributed by atoms with Crippen molar-refractivity contribution in [3.63, 3.8) is 0 Å². The summed E-state index contributed by atoms with van der Waals surface area (Å²) in [7, 11) is 0. The molecule has 0 atom stereocenters. The molecule has 1 N–H and O–H groups in total. The average molecular weight is 261 g/mol. The molecule has 0 saturated carbocycles. The van der Waals surface area contributed by atoms with Crippen molar-refractivity contribution in [2.75, 3.05) is 13.2 Å². The fourth-order valence-corrected chi connectivity index (χ4v) is 2.18. The van der Waals surface area contributed by atoms with Gasteiger partial charge in [-0.15, -0.1) is 0 Å². The number of hydrogen-bond acceptors (Lipinski definition) is 3. The number of rotatable bonds is 7. The lowest BCUT2D eigenvalue weighted by Crippen LogP contribution is -2.22. The molecule has 0 radical (unpaired) electrons. The van der Waals surface area contributed by atoms with Gasteiger partial charge in [0.2, 0.25) is 0 Å². The second-order valence-electron chi connectivity index (χ2n) is 4.86. The molecule has 1 aromatic heterocycles. The average Bonchev–Trinajstić information content (AvgIpc) is 2.75. The van der Waals surface area contributed by atoms with Gasteiger partial charge in [0.1, 0.15) is 5.82 Å². The first kappa shape index (κ1) is 14.0. The van der Waals surface area contributed by atoms with Gasteiger partial charge in [0.15, 0.2) is 0 Å². The zero-order chi connectivity index (χ0) is 13.7. The summed E-state index contributed by atoms with van der Waals surface area (Å²) in [6.45, 7) is 9.58. The van der Waals surface area contributed by atoms with E-state index < -0.39 is 0 Å². The summed E-state index contributed by atoms with van der Waals surface area (Å²) in [4.78, 5) is 4.68. The molecule has 104 valence electrons. The van der Waals surface area contributed by atoms with Crippen LogP contribution in [0.5, 0.6) is 0 Å². The number of hydrogen-bond donors (Lipinski definition) is 1. The van der Waals surface area contributed by atoms with E-state index >= 15 is 0 Å². The molecule has 0 aliphatic rings. The zero-order valence-electron chi connectivity index (χ0n) is 12.0. The van der Waals surface area contributed by atoms with Gasteiger partial charge in [0.05, 0.1) is 30.3 Å². The molecule has 0 aliphatic carbocycles. The molecule has 4 heteroatoms. The van der Waals surface area contributed by atoms with E-state index in [4.69, 9.17) is 4.74 Å². The van der Waals surface area contributed by atoms with E-state index in [1.807, 2.05) is 6.07 Å². The fourth-order valence-electron chi connectivity index (χ4n) is 2.18. The van der Waals surface area contributed by atoms with E-state index in [2.05, 4.69) is 53.8 Å². The Kier molecular flexibility index (Phi) is 4.93. The van der Waals surface area contributed by atoms with Crippen LogP contribution in [0.15, 0.2) is 24.3 Å². The normalized spacial score (nSPS) is 11.6. The van der Waals surface area contributed by atoms with Crippen LogP contribution >= 0.6 is 0 Å². The molecule has 0 spiro atoms. The van der Waals surface area contributed by atoms with E-state index in [-0.39, 0.29) is 0 Å². The number of nitrogens with one attached hydrogen (secondary N) is 1.